The molecule has 0 aliphatic heterocycles. The third-order valence-corrected chi connectivity index (χ3v) is 1.15. The largest absolute Gasteiger partial charge is 0.461 e. The van der Waals surface area contributed by atoms with Crippen LogP contribution in [0.1, 0.15) is 0 Å². The van der Waals surface area contributed by atoms with Gasteiger partial charge in [-0.05, 0) is 0 Å². The fraction of sp³-hybridized carbons (Fsp3) is 0.444. The van der Waals surface area contributed by atoms with Crippen molar-refractivity contribution < 1.29 is 24.1 Å². The van der Waals surface area contributed by atoms with Gasteiger partial charge in [0, 0.05) is 6.08 Å². The molecule has 0 saturated carbocycles. The van der Waals surface area contributed by atoms with E-state index in [1.54, 1.807) is 0 Å². The highest BCUT2D eigenvalue weighted by Crippen LogP contribution is 1.98. The van der Waals surface area contributed by atoms with Crippen LogP contribution in [-0.4, -0.2) is 37.2 Å². The van der Waals surface area contributed by atoms with E-state index in [-0.39, 0.29) is 19.8 Å². The number of hydrogen-bond donors (Lipinski definition) is 1. The number of aliphatic hydroxyl groups excluding tert-OH is 1. The molecule has 5 heteroatoms. The van der Waals surface area contributed by atoms with E-state index in [0.29, 0.717) is 0 Å². The number of hydrogen-bond acceptors (Lipinski definition) is 5. The maximum Gasteiger partial charge on any atom is 0.333 e. The van der Waals surface area contributed by atoms with Crippen LogP contribution in [0, 0.1) is 0 Å². The van der Waals surface area contributed by atoms with Crippen molar-refractivity contribution in [2.45, 2.75) is 6.29 Å². The van der Waals surface area contributed by atoms with Gasteiger partial charge in [0.25, 0.3) is 6.29 Å². The van der Waals surface area contributed by atoms with E-state index in [1.165, 1.54) is 0 Å². The molecule has 1 N–H and O–H groups in total. The number of ether oxygens (including phenoxy) is 3. The van der Waals surface area contributed by atoms with Crippen LogP contribution in [0.4, 0.5) is 0 Å². The summed E-state index contributed by atoms with van der Waals surface area (Å²) in [6.45, 7) is 6.64. The standard InChI is InChI=1S/C9H14O5/c1-3-8(11)14-9(13-4-2)7-12-6-5-10/h3-4,9-10H,1-2,5-7H2. The molecule has 0 aromatic heterocycles. The summed E-state index contributed by atoms with van der Waals surface area (Å²) in [5.74, 6) is -0.607. The fourth-order valence-corrected chi connectivity index (χ4v) is 0.630. The Balaban J connectivity index is 3.81. The molecule has 5 nitrogen and oxygen atoms in total. The summed E-state index contributed by atoms with van der Waals surface area (Å²) in [7, 11) is 0. The molecule has 0 bridgehead atoms. The van der Waals surface area contributed by atoms with Crippen molar-refractivity contribution in [1.82, 2.24) is 0 Å². The Morgan fingerprint density at radius 3 is 2.71 bits per heavy atom. The van der Waals surface area contributed by atoms with E-state index in [0.717, 1.165) is 12.3 Å². The summed E-state index contributed by atoms with van der Waals surface area (Å²) >= 11 is 0. The number of carbonyl (C=O) groups excluding carboxylic acids is 1. The molecule has 0 aromatic carbocycles. The lowest BCUT2D eigenvalue weighted by Gasteiger charge is -2.15. The van der Waals surface area contributed by atoms with E-state index in [9.17, 15) is 4.79 Å². The van der Waals surface area contributed by atoms with Crippen LogP contribution in [0.2, 0.25) is 0 Å². The van der Waals surface area contributed by atoms with Gasteiger partial charge in [-0.2, -0.15) is 0 Å². The summed E-state index contributed by atoms with van der Waals surface area (Å²) < 4.78 is 14.5. The maximum absolute atomic E-state index is 10.8. The first-order valence-corrected chi connectivity index (χ1v) is 4.02. The van der Waals surface area contributed by atoms with Crippen LogP contribution < -0.4 is 0 Å². The van der Waals surface area contributed by atoms with Gasteiger partial charge in [-0.25, -0.2) is 4.79 Å². The van der Waals surface area contributed by atoms with Gasteiger partial charge in [-0.15, -0.1) is 0 Å². The Hall–Kier alpha value is -1.33. The number of aliphatic hydroxyl groups is 1. The molecule has 1 unspecified atom stereocenters. The minimum Gasteiger partial charge on any atom is -0.461 e. The molecule has 80 valence electrons. The zero-order chi connectivity index (χ0) is 10.8. The van der Waals surface area contributed by atoms with E-state index >= 15 is 0 Å². The molecular weight excluding hydrogens is 188 g/mol. The lowest BCUT2D eigenvalue weighted by molar-refractivity contribution is -0.173. The Bertz CT molecular complexity index is 190. The molecule has 0 rings (SSSR count). The molecule has 1 atom stereocenters. The smallest absolute Gasteiger partial charge is 0.333 e. The van der Waals surface area contributed by atoms with Gasteiger partial charge in [0.15, 0.2) is 0 Å². The Kier molecular flexibility index (Phi) is 7.49. The number of esters is 1. The van der Waals surface area contributed by atoms with Gasteiger partial charge >= 0.3 is 5.97 Å². The minimum atomic E-state index is -0.857. The van der Waals surface area contributed by atoms with E-state index in [4.69, 9.17) is 19.3 Å². The highest BCUT2D eigenvalue weighted by Gasteiger charge is 2.11. The molecule has 0 aliphatic rings. The Morgan fingerprint density at radius 2 is 2.21 bits per heavy atom. The number of rotatable bonds is 8. The second-order valence-corrected chi connectivity index (χ2v) is 2.17. The fourth-order valence-electron chi connectivity index (χ4n) is 0.630. The Morgan fingerprint density at radius 1 is 1.50 bits per heavy atom. The SMILES string of the molecule is C=COC(COCCO)OC(=O)C=C. The molecule has 0 aliphatic carbocycles. The molecule has 0 amide bonds. The molecule has 0 fully saturated rings. The predicted molar refractivity (Wildman–Crippen MR) is 49.3 cm³/mol. The predicted octanol–water partition coefficient (Wildman–Crippen LogP) is 0.211. The van der Waals surface area contributed by atoms with Crippen LogP contribution in [-0.2, 0) is 19.0 Å². The second-order valence-electron chi connectivity index (χ2n) is 2.17. The van der Waals surface area contributed by atoms with Gasteiger partial charge in [-0.3, -0.25) is 0 Å². The third kappa shape index (κ3) is 6.22. The highest BCUT2D eigenvalue weighted by atomic mass is 16.7. The molecular formula is C9H14O5. The van der Waals surface area contributed by atoms with E-state index in [2.05, 4.69) is 13.2 Å². The molecule has 14 heavy (non-hydrogen) atoms. The van der Waals surface area contributed by atoms with E-state index in [1.807, 2.05) is 0 Å². The molecule has 0 radical (unpaired) electrons. The zero-order valence-electron chi connectivity index (χ0n) is 7.85. The summed E-state index contributed by atoms with van der Waals surface area (Å²) in [5.41, 5.74) is 0. The van der Waals surface area contributed by atoms with Crippen molar-refractivity contribution >= 4 is 5.97 Å². The monoisotopic (exact) mass is 202 g/mol. The van der Waals surface area contributed by atoms with Gasteiger partial charge in [0.2, 0.25) is 0 Å². The first-order valence-electron chi connectivity index (χ1n) is 4.02. The van der Waals surface area contributed by atoms with Crippen LogP contribution in [0.25, 0.3) is 0 Å². The minimum absolute atomic E-state index is 0.0339. The van der Waals surface area contributed by atoms with Gasteiger partial charge in [-0.1, -0.05) is 13.2 Å². The van der Waals surface area contributed by atoms with Crippen molar-refractivity contribution in [2.24, 2.45) is 0 Å². The lowest BCUT2D eigenvalue weighted by atomic mass is 10.6. The third-order valence-electron chi connectivity index (χ3n) is 1.15. The van der Waals surface area contributed by atoms with Crippen molar-refractivity contribution in [3.05, 3.63) is 25.5 Å². The lowest BCUT2D eigenvalue weighted by Crippen LogP contribution is -2.24. The average molecular weight is 202 g/mol. The summed E-state index contributed by atoms with van der Waals surface area (Å²) in [4.78, 5) is 10.8. The van der Waals surface area contributed by atoms with Gasteiger partial charge in [0.05, 0.1) is 19.5 Å². The second kappa shape index (κ2) is 8.28. The molecule has 0 saturated heterocycles. The van der Waals surface area contributed by atoms with Crippen molar-refractivity contribution in [3.8, 4) is 0 Å². The van der Waals surface area contributed by atoms with Crippen LogP contribution in [0.3, 0.4) is 0 Å². The van der Waals surface area contributed by atoms with Crippen LogP contribution in [0.5, 0.6) is 0 Å². The van der Waals surface area contributed by atoms with Crippen LogP contribution in [0.15, 0.2) is 25.5 Å². The summed E-state index contributed by atoms with van der Waals surface area (Å²) in [6.07, 6.45) is 1.30. The summed E-state index contributed by atoms with van der Waals surface area (Å²) in [5, 5.41) is 8.43. The molecule has 0 aromatic rings. The van der Waals surface area contributed by atoms with Crippen molar-refractivity contribution in [2.75, 3.05) is 19.8 Å². The average Bonchev–Trinajstić information content (AvgIpc) is 2.18. The first-order chi connectivity index (χ1) is 6.74. The van der Waals surface area contributed by atoms with Crippen molar-refractivity contribution in [3.63, 3.8) is 0 Å². The highest BCUT2D eigenvalue weighted by molar-refractivity contribution is 5.81. The Labute approximate surface area is 82.6 Å². The van der Waals surface area contributed by atoms with Crippen LogP contribution >= 0.6 is 0 Å². The quantitative estimate of drug-likeness (QED) is 0.200. The van der Waals surface area contributed by atoms with Gasteiger partial charge < -0.3 is 19.3 Å². The zero-order valence-corrected chi connectivity index (χ0v) is 7.85. The van der Waals surface area contributed by atoms with Gasteiger partial charge in [0.1, 0.15) is 6.61 Å². The van der Waals surface area contributed by atoms with E-state index < -0.39 is 12.3 Å². The topological polar surface area (TPSA) is 65.0 Å². The maximum atomic E-state index is 10.8. The molecule has 0 heterocycles. The normalized spacial score (nSPS) is 11.5. The number of carbonyl (C=O) groups is 1. The summed E-state index contributed by atoms with van der Waals surface area (Å²) in [6, 6.07) is 0. The van der Waals surface area contributed by atoms with Crippen molar-refractivity contribution in [1.29, 1.82) is 0 Å². The first kappa shape index (κ1) is 12.7. The molecule has 0 spiro atoms.